The van der Waals surface area contributed by atoms with Crippen LogP contribution in [0, 0.1) is 0 Å². The van der Waals surface area contributed by atoms with Crippen LogP contribution in [0.1, 0.15) is 24.8 Å². The molecule has 1 aromatic rings. The Labute approximate surface area is 107 Å². The zero-order valence-corrected chi connectivity index (χ0v) is 10.5. The van der Waals surface area contributed by atoms with Crippen LogP contribution in [-0.2, 0) is 4.79 Å². The topological polar surface area (TPSA) is 20.3 Å². The van der Waals surface area contributed by atoms with Gasteiger partial charge in [-0.15, -0.1) is 0 Å². The molecular formula is C14H16ClNO. The minimum absolute atomic E-state index is 0.0876. The van der Waals surface area contributed by atoms with E-state index >= 15 is 0 Å². The fourth-order valence-electron chi connectivity index (χ4n) is 1.99. The smallest absolute Gasteiger partial charge is 0.246 e. The fourth-order valence-corrected chi connectivity index (χ4v) is 2.19. The number of hydrogen-bond acceptors (Lipinski definition) is 1. The third-order valence-corrected chi connectivity index (χ3v) is 3.32. The molecule has 0 spiro atoms. The van der Waals surface area contributed by atoms with Crippen LogP contribution in [-0.4, -0.2) is 23.9 Å². The molecule has 1 amide bonds. The second-order valence-electron chi connectivity index (χ2n) is 4.24. The number of likely N-dealkylation sites (tertiary alicyclic amines) is 1. The minimum Gasteiger partial charge on any atom is -0.339 e. The molecule has 0 N–H and O–H groups in total. The molecule has 2 nitrogen and oxygen atoms in total. The maximum absolute atomic E-state index is 11.9. The first-order chi connectivity index (χ1) is 8.27. The molecule has 1 heterocycles. The lowest BCUT2D eigenvalue weighted by atomic mass is 10.1. The predicted octanol–water partition coefficient (Wildman–Crippen LogP) is 3.37. The van der Waals surface area contributed by atoms with E-state index in [1.54, 1.807) is 12.2 Å². The second kappa shape index (κ2) is 5.87. The Bertz CT molecular complexity index is 422. The lowest BCUT2D eigenvalue weighted by Crippen LogP contribution is -2.34. The van der Waals surface area contributed by atoms with Gasteiger partial charge in [-0.3, -0.25) is 4.79 Å². The summed E-state index contributed by atoms with van der Waals surface area (Å²) in [5.41, 5.74) is 0.888. The maximum atomic E-state index is 11.9. The highest BCUT2D eigenvalue weighted by atomic mass is 35.5. The van der Waals surface area contributed by atoms with Crippen molar-refractivity contribution in [3.05, 3.63) is 40.9 Å². The number of piperidine rings is 1. The molecule has 0 saturated carbocycles. The molecule has 1 aliphatic rings. The molecule has 90 valence electrons. The molecule has 2 rings (SSSR count). The highest BCUT2D eigenvalue weighted by Crippen LogP contribution is 2.16. The van der Waals surface area contributed by atoms with E-state index in [1.807, 2.05) is 29.2 Å². The molecule has 3 heteroatoms. The molecule has 0 bridgehead atoms. The Hall–Kier alpha value is -1.28. The van der Waals surface area contributed by atoms with Crippen LogP contribution in [0.25, 0.3) is 6.08 Å². The van der Waals surface area contributed by atoms with E-state index in [0.29, 0.717) is 5.02 Å². The Kier molecular flexibility index (Phi) is 4.21. The van der Waals surface area contributed by atoms with Gasteiger partial charge >= 0.3 is 0 Å². The van der Waals surface area contributed by atoms with E-state index in [0.717, 1.165) is 31.5 Å². The summed E-state index contributed by atoms with van der Waals surface area (Å²) < 4.78 is 0. The van der Waals surface area contributed by atoms with Gasteiger partial charge in [0.2, 0.25) is 5.91 Å². The average molecular weight is 250 g/mol. The zero-order chi connectivity index (χ0) is 12.1. The normalized spacial score (nSPS) is 16.4. The van der Waals surface area contributed by atoms with E-state index in [2.05, 4.69) is 0 Å². The van der Waals surface area contributed by atoms with Crippen molar-refractivity contribution < 1.29 is 4.79 Å². The molecule has 1 saturated heterocycles. The number of carbonyl (C=O) groups is 1. The Morgan fingerprint density at radius 2 is 1.88 bits per heavy atom. The van der Waals surface area contributed by atoms with Gasteiger partial charge < -0.3 is 4.90 Å². The van der Waals surface area contributed by atoms with Gasteiger partial charge in [0, 0.05) is 24.2 Å². The number of hydrogen-bond donors (Lipinski definition) is 0. The predicted molar refractivity (Wildman–Crippen MR) is 70.9 cm³/mol. The fraction of sp³-hybridized carbons (Fsp3) is 0.357. The summed E-state index contributed by atoms with van der Waals surface area (Å²) in [6, 6.07) is 7.53. The third-order valence-electron chi connectivity index (χ3n) is 2.98. The van der Waals surface area contributed by atoms with E-state index < -0.39 is 0 Å². The van der Waals surface area contributed by atoms with Gasteiger partial charge in [-0.05, 0) is 37.0 Å². The zero-order valence-electron chi connectivity index (χ0n) is 9.73. The van der Waals surface area contributed by atoms with Crippen molar-refractivity contribution in [1.82, 2.24) is 4.90 Å². The summed E-state index contributed by atoms with van der Waals surface area (Å²) in [6.45, 7) is 1.76. The molecule has 0 aromatic heterocycles. The van der Waals surface area contributed by atoms with Crippen LogP contribution in [0.15, 0.2) is 30.3 Å². The Morgan fingerprint density at radius 1 is 1.18 bits per heavy atom. The first-order valence-electron chi connectivity index (χ1n) is 5.99. The summed E-state index contributed by atoms with van der Waals surface area (Å²) >= 11 is 6.02. The van der Waals surface area contributed by atoms with Gasteiger partial charge in [-0.2, -0.15) is 0 Å². The number of halogens is 1. The Balaban J connectivity index is 2.00. The minimum atomic E-state index is 0.0876. The number of rotatable bonds is 2. The Morgan fingerprint density at radius 3 is 2.59 bits per heavy atom. The quantitative estimate of drug-likeness (QED) is 0.736. The highest BCUT2D eigenvalue weighted by Gasteiger charge is 2.13. The average Bonchev–Trinajstić information content (AvgIpc) is 2.38. The second-order valence-corrected chi connectivity index (χ2v) is 4.65. The summed E-state index contributed by atoms with van der Waals surface area (Å²) in [5, 5.41) is 0.676. The van der Waals surface area contributed by atoms with Gasteiger partial charge in [0.05, 0.1) is 0 Å². The first kappa shape index (κ1) is 12.2. The molecule has 0 aliphatic carbocycles. The monoisotopic (exact) mass is 249 g/mol. The molecule has 0 radical (unpaired) electrons. The van der Waals surface area contributed by atoms with Gasteiger partial charge in [0.15, 0.2) is 0 Å². The standard InChI is InChI=1S/C14H16ClNO/c15-13-7-3-2-6-12(13)8-9-14(17)16-10-4-1-5-11-16/h2-3,6-9H,1,4-5,10-11H2/b9-8-. The van der Waals surface area contributed by atoms with Gasteiger partial charge in [-0.1, -0.05) is 29.8 Å². The number of nitrogens with zero attached hydrogens (tertiary/aromatic N) is 1. The van der Waals surface area contributed by atoms with Crippen LogP contribution in [0.5, 0.6) is 0 Å². The molecule has 1 aliphatic heterocycles. The van der Waals surface area contributed by atoms with E-state index in [-0.39, 0.29) is 5.91 Å². The van der Waals surface area contributed by atoms with Gasteiger partial charge in [0.25, 0.3) is 0 Å². The summed E-state index contributed by atoms with van der Waals surface area (Å²) in [6.07, 6.45) is 6.88. The van der Waals surface area contributed by atoms with E-state index in [4.69, 9.17) is 11.6 Å². The third kappa shape index (κ3) is 3.34. The lowest BCUT2D eigenvalue weighted by molar-refractivity contribution is -0.126. The molecular weight excluding hydrogens is 234 g/mol. The molecule has 0 atom stereocenters. The molecule has 0 unspecified atom stereocenters. The lowest BCUT2D eigenvalue weighted by Gasteiger charge is -2.25. The van der Waals surface area contributed by atoms with Crippen molar-refractivity contribution >= 4 is 23.6 Å². The van der Waals surface area contributed by atoms with Crippen molar-refractivity contribution in [1.29, 1.82) is 0 Å². The number of amides is 1. The largest absolute Gasteiger partial charge is 0.339 e. The van der Waals surface area contributed by atoms with Crippen LogP contribution >= 0.6 is 11.6 Å². The van der Waals surface area contributed by atoms with Gasteiger partial charge in [0.1, 0.15) is 0 Å². The number of carbonyl (C=O) groups excluding carboxylic acids is 1. The van der Waals surface area contributed by atoms with E-state index in [1.165, 1.54) is 6.42 Å². The van der Waals surface area contributed by atoms with Crippen molar-refractivity contribution in [2.24, 2.45) is 0 Å². The molecule has 1 aromatic carbocycles. The van der Waals surface area contributed by atoms with Crippen LogP contribution in [0.3, 0.4) is 0 Å². The van der Waals surface area contributed by atoms with Crippen molar-refractivity contribution in [2.45, 2.75) is 19.3 Å². The summed E-state index contributed by atoms with van der Waals surface area (Å²) in [5.74, 6) is 0.0876. The van der Waals surface area contributed by atoms with Crippen LogP contribution in [0.4, 0.5) is 0 Å². The summed E-state index contributed by atoms with van der Waals surface area (Å²) in [4.78, 5) is 13.8. The summed E-state index contributed by atoms with van der Waals surface area (Å²) in [7, 11) is 0. The van der Waals surface area contributed by atoms with Crippen molar-refractivity contribution in [2.75, 3.05) is 13.1 Å². The van der Waals surface area contributed by atoms with Crippen LogP contribution < -0.4 is 0 Å². The maximum Gasteiger partial charge on any atom is 0.246 e. The van der Waals surface area contributed by atoms with Crippen LogP contribution in [0.2, 0.25) is 5.02 Å². The van der Waals surface area contributed by atoms with Crippen molar-refractivity contribution in [3.63, 3.8) is 0 Å². The van der Waals surface area contributed by atoms with Gasteiger partial charge in [-0.25, -0.2) is 0 Å². The highest BCUT2D eigenvalue weighted by molar-refractivity contribution is 6.32. The SMILES string of the molecule is O=C(/C=C\c1ccccc1Cl)N1CCCCC1. The first-order valence-corrected chi connectivity index (χ1v) is 6.37. The van der Waals surface area contributed by atoms with E-state index in [9.17, 15) is 4.79 Å². The van der Waals surface area contributed by atoms with Crippen molar-refractivity contribution in [3.8, 4) is 0 Å². The molecule has 1 fully saturated rings. The number of benzene rings is 1. The molecule has 17 heavy (non-hydrogen) atoms.